The molecule has 1 N–H and O–H groups in total. The van der Waals surface area contributed by atoms with E-state index in [-0.39, 0.29) is 18.4 Å². The molecule has 1 atom stereocenters. The predicted molar refractivity (Wildman–Crippen MR) is 124 cm³/mol. The van der Waals surface area contributed by atoms with E-state index in [4.69, 9.17) is 4.74 Å². The molecule has 6 heteroatoms. The van der Waals surface area contributed by atoms with E-state index < -0.39 is 6.04 Å². The lowest BCUT2D eigenvalue weighted by molar-refractivity contribution is -0.141. The minimum atomic E-state index is -0.565. The highest BCUT2D eigenvalue weighted by atomic mass is 79.9. The van der Waals surface area contributed by atoms with Crippen LogP contribution in [0.2, 0.25) is 0 Å². The highest BCUT2D eigenvalue weighted by Gasteiger charge is 2.26. The topological polar surface area (TPSA) is 58.6 Å². The zero-order valence-corrected chi connectivity index (χ0v) is 19.8. The van der Waals surface area contributed by atoms with Gasteiger partial charge in [0.15, 0.2) is 6.61 Å². The molecule has 0 saturated carbocycles. The highest BCUT2D eigenvalue weighted by molar-refractivity contribution is 9.10. The van der Waals surface area contributed by atoms with Gasteiger partial charge < -0.3 is 15.0 Å². The average molecular weight is 475 g/mol. The van der Waals surface area contributed by atoms with Crippen LogP contribution in [0, 0.1) is 13.8 Å². The SMILES string of the molecule is CCCNC(=O)C(C)N(CCc1ccccc1)C(=O)COc1cc(C)c(Br)c(C)c1. The van der Waals surface area contributed by atoms with Gasteiger partial charge in [-0.15, -0.1) is 0 Å². The van der Waals surface area contributed by atoms with Crippen LogP contribution in [0.25, 0.3) is 0 Å². The number of carbonyl (C=O) groups excluding carboxylic acids is 2. The number of benzene rings is 2. The van der Waals surface area contributed by atoms with Crippen LogP contribution in [-0.2, 0) is 16.0 Å². The molecule has 0 spiro atoms. The first-order valence-electron chi connectivity index (χ1n) is 10.3. The Morgan fingerprint density at radius 2 is 1.77 bits per heavy atom. The van der Waals surface area contributed by atoms with E-state index in [2.05, 4.69) is 21.2 Å². The molecule has 30 heavy (non-hydrogen) atoms. The summed E-state index contributed by atoms with van der Waals surface area (Å²) in [7, 11) is 0. The fourth-order valence-electron chi connectivity index (χ4n) is 3.18. The van der Waals surface area contributed by atoms with E-state index >= 15 is 0 Å². The van der Waals surface area contributed by atoms with Crippen molar-refractivity contribution in [2.45, 2.75) is 46.6 Å². The van der Waals surface area contributed by atoms with Crippen molar-refractivity contribution >= 4 is 27.7 Å². The maximum atomic E-state index is 13.0. The van der Waals surface area contributed by atoms with E-state index in [9.17, 15) is 9.59 Å². The van der Waals surface area contributed by atoms with Gasteiger partial charge >= 0.3 is 0 Å². The third-order valence-corrected chi connectivity index (χ3v) is 6.22. The van der Waals surface area contributed by atoms with Crippen molar-refractivity contribution in [3.8, 4) is 5.75 Å². The molecule has 2 aromatic rings. The Morgan fingerprint density at radius 3 is 2.37 bits per heavy atom. The molecule has 0 aliphatic rings. The summed E-state index contributed by atoms with van der Waals surface area (Å²) >= 11 is 3.54. The highest BCUT2D eigenvalue weighted by Crippen LogP contribution is 2.26. The van der Waals surface area contributed by atoms with E-state index in [0.717, 1.165) is 27.6 Å². The molecule has 0 fully saturated rings. The molecular formula is C24H31BrN2O3. The summed E-state index contributed by atoms with van der Waals surface area (Å²) in [5.41, 5.74) is 3.22. The van der Waals surface area contributed by atoms with Gasteiger partial charge in [-0.3, -0.25) is 9.59 Å². The molecule has 2 amide bonds. The van der Waals surface area contributed by atoms with Crippen LogP contribution < -0.4 is 10.1 Å². The summed E-state index contributed by atoms with van der Waals surface area (Å²) in [6.07, 6.45) is 1.52. The fraction of sp³-hybridized carbons (Fsp3) is 0.417. The van der Waals surface area contributed by atoms with Crippen molar-refractivity contribution in [3.05, 3.63) is 63.6 Å². The molecule has 5 nitrogen and oxygen atoms in total. The number of amides is 2. The first kappa shape index (κ1) is 23.9. The Morgan fingerprint density at radius 1 is 1.13 bits per heavy atom. The van der Waals surface area contributed by atoms with Crippen LogP contribution in [0.4, 0.5) is 0 Å². The van der Waals surface area contributed by atoms with Crippen molar-refractivity contribution in [3.63, 3.8) is 0 Å². The first-order valence-corrected chi connectivity index (χ1v) is 11.1. The second-order valence-electron chi connectivity index (χ2n) is 7.45. The Labute approximate surface area is 187 Å². The van der Waals surface area contributed by atoms with Crippen molar-refractivity contribution < 1.29 is 14.3 Å². The minimum absolute atomic E-state index is 0.110. The molecule has 162 valence electrons. The number of hydrogen-bond donors (Lipinski definition) is 1. The number of carbonyl (C=O) groups is 2. The normalized spacial score (nSPS) is 11.6. The van der Waals surface area contributed by atoms with Crippen molar-refractivity contribution in [2.75, 3.05) is 19.7 Å². The molecule has 0 heterocycles. The zero-order valence-electron chi connectivity index (χ0n) is 18.2. The van der Waals surface area contributed by atoms with E-state index in [0.29, 0.717) is 25.3 Å². The number of halogens is 1. The average Bonchev–Trinajstić information content (AvgIpc) is 2.74. The smallest absolute Gasteiger partial charge is 0.261 e. The Bertz CT molecular complexity index is 832. The Balaban J connectivity index is 2.09. The monoisotopic (exact) mass is 474 g/mol. The van der Waals surface area contributed by atoms with Gasteiger partial charge in [0, 0.05) is 17.6 Å². The molecule has 1 unspecified atom stereocenters. The zero-order chi connectivity index (χ0) is 22.1. The number of aryl methyl sites for hydroxylation is 2. The molecule has 0 bridgehead atoms. The predicted octanol–water partition coefficient (Wildman–Crippen LogP) is 4.43. The fourth-order valence-corrected chi connectivity index (χ4v) is 3.41. The molecule has 0 saturated heterocycles. The second-order valence-corrected chi connectivity index (χ2v) is 8.24. The lowest BCUT2D eigenvalue weighted by atomic mass is 10.1. The van der Waals surface area contributed by atoms with Crippen LogP contribution in [0.5, 0.6) is 5.75 Å². The van der Waals surface area contributed by atoms with E-state index in [1.54, 1.807) is 11.8 Å². The third-order valence-electron chi connectivity index (χ3n) is 4.97. The van der Waals surface area contributed by atoms with Gasteiger partial charge in [-0.05, 0) is 62.4 Å². The van der Waals surface area contributed by atoms with Gasteiger partial charge in [-0.2, -0.15) is 0 Å². The van der Waals surface area contributed by atoms with Crippen LogP contribution in [-0.4, -0.2) is 42.5 Å². The van der Waals surface area contributed by atoms with Crippen molar-refractivity contribution in [1.82, 2.24) is 10.2 Å². The Hall–Kier alpha value is -2.34. The van der Waals surface area contributed by atoms with Crippen LogP contribution >= 0.6 is 15.9 Å². The number of nitrogens with one attached hydrogen (secondary N) is 1. The maximum Gasteiger partial charge on any atom is 0.261 e. The van der Waals surface area contributed by atoms with Crippen molar-refractivity contribution in [1.29, 1.82) is 0 Å². The molecular weight excluding hydrogens is 444 g/mol. The lowest BCUT2D eigenvalue weighted by Gasteiger charge is -2.28. The summed E-state index contributed by atoms with van der Waals surface area (Å²) in [4.78, 5) is 27.1. The first-order chi connectivity index (χ1) is 14.3. The Kier molecular flexibility index (Phi) is 9.37. The van der Waals surface area contributed by atoms with Crippen LogP contribution in [0.1, 0.15) is 37.0 Å². The van der Waals surface area contributed by atoms with E-state index in [1.807, 2.05) is 63.2 Å². The quantitative estimate of drug-likeness (QED) is 0.553. The van der Waals surface area contributed by atoms with E-state index in [1.165, 1.54) is 0 Å². The standard InChI is InChI=1S/C24H31BrN2O3/c1-5-12-26-24(29)19(4)27(13-11-20-9-7-6-8-10-20)22(28)16-30-21-14-17(2)23(25)18(3)15-21/h6-10,14-15,19H,5,11-13,16H2,1-4H3,(H,26,29). The largest absolute Gasteiger partial charge is 0.484 e. The number of rotatable bonds is 10. The van der Waals surface area contributed by atoms with Gasteiger partial charge in [0.05, 0.1) is 0 Å². The van der Waals surface area contributed by atoms with Crippen LogP contribution in [0.15, 0.2) is 46.9 Å². The summed E-state index contributed by atoms with van der Waals surface area (Å²) in [6.45, 7) is 8.67. The van der Waals surface area contributed by atoms with Gasteiger partial charge in [-0.25, -0.2) is 0 Å². The van der Waals surface area contributed by atoms with Gasteiger partial charge in [-0.1, -0.05) is 53.2 Å². The van der Waals surface area contributed by atoms with Gasteiger partial charge in [0.2, 0.25) is 5.91 Å². The summed E-state index contributed by atoms with van der Waals surface area (Å²) in [5.74, 6) is 0.296. The third kappa shape index (κ3) is 6.87. The molecule has 2 aromatic carbocycles. The van der Waals surface area contributed by atoms with Crippen LogP contribution in [0.3, 0.4) is 0 Å². The second kappa shape index (κ2) is 11.7. The molecule has 2 rings (SSSR count). The number of nitrogens with zero attached hydrogens (tertiary/aromatic N) is 1. The molecule has 0 radical (unpaired) electrons. The number of hydrogen-bond acceptors (Lipinski definition) is 3. The molecule has 0 aliphatic carbocycles. The van der Waals surface area contributed by atoms with Crippen molar-refractivity contribution in [2.24, 2.45) is 0 Å². The maximum absolute atomic E-state index is 13.0. The summed E-state index contributed by atoms with van der Waals surface area (Å²) in [5, 5.41) is 2.88. The van der Waals surface area contributed by atoms with Gasteiger partial charge in [0.1, 0.15) is 11.8 Å². The lowest BCUT2D eigenvalue weighted by Crippen LogP contribution is -2.50. The summed E-state index contributed by atoms with van der Waals surface area (Å²) < 4.78 is 6.82. The van der Waals surface area contributed by atoms with Gasteiger partial charge in [0.25, 0.3) is 5.91 Å². The molecule has 0 aliphatic heterocycles. The minimum Gasteiger partial charge on any atom is -0.484 e. The summed E-state index contributed by atoms with van der Waals surface area (Å²) in [6, 6.07) is 13.2. The number of ether oxygens (including phenoxy) is 1. The molecule has 0 aromatic heterocycles.